The molecular weight excluding hydrogens is 310 g/mol. The standard InChI is InChI=1S/C18H23NO5/c1-2-24-16(21)10-6-3-7-13(20)11-12-19-17(22)14-8-4-5-9-15(14)18(19)23/h4-5,8-9,13,20H,2-3,6-7,10-12H2,1H3. The van der Waals surface area contributed by atoms with E-state index in [-0.39, 0.29) is 24.3 Å². The average molecular weight is 333 g/mol. The quantitative estimate of drug-likeness (QED) is 0.425. The highest BCUT2D eigenvalue weighted by molar-refractivity contribution is 6.21. The molecule has 0 aromatic heterocycles. The van der Waals surface area contributed by atoms with Crippen LogP contribution < -0.4 is 0 Å². The van der Waals surface area contributed by atoms with Gasteiger partial charge >= 0.3 is 5.97 Å². The molecule has 1 aliphatic heterocycles. The van der Waals surface area contributed by atoms with Crippen molar-refractivity contribution in [1.29, 1.82) is 0 Å². The smallest absolute Gasteiger partial charge is 0.305 e. The normalized spacial score (nSPS) is 14.7. The number of fused-ring (bicyclic) bond motifs is 1. The minimum absolute atomic E-state index is 0.200. The van der Waals surface area contributed by atoms with Gasteiger partial charge in [-0.15, -0.1) is 0 Å². The molecule has 0 bridgehead atoms. The lowest BCUT2D eigenvalue weighted by Gasteiger charge is -2.16. The molecule has 1 aromatic rings. The average Bonchev–Trinajstić information content (AvgIpc) is 2.82. The zero-order valence-corrected chi connectivity index (χ0v) is 13.9. The van der Waals surface area contributed by atoms with Gasteiger partial charge in [0.15, 0.2) is 0 Å². The Hall–Kier alpha value is -2.21. The number of amides is 2. The fourth-order valence-corrected chi connectivity index (χ4v) is 2.75. The molecule has 130 valence electrons. The summed E-state index contributed by atoms with van der Waals surface area (Å²) in [5, 5.41) is 10.0. The molecule has 2 amide bonds. The van der Waals surface area contributed by atoms with Crippen LogP contribution in [0.2, 0.25) is 0 Å². The highest BCUT2D eigenvalue weighted by atomic mass is 16.5. The zero-order valence-electron chi connectivity index (χ0n) is 13.9. The molecular formula is C18H23NO5. The number of carbonyl (C=O) groups excluding carboxylic acids is 3. The van der Waals surface area contributed by atoms with Crippen molar-refractivity contribution >= 4 is 17.8 Å². The van der Waals surface area contributed by atoms with Crippen LogP contribution in [0, 0.1) is 0 Å². The number of hydrogen-bond donors (Lipinski definition) is 1. The van der Waals surface area contributed by atoms with Crippen molar-refractivity contribution in [1.82, 2.24) is 4.90 Å². The van der Waals surface area contributed by atoms with Gasteiger partial charge < -0.3 is 9.84 Å². The Balaban J connectivity index is 1.71. The lowest BCUT2D eigenvalue weighted by molar-refractivity contribution is -0.143. The van der Waals surface area contributed by atoms with E-state index in [1.165, 1.54) is 4.90 Å². The summed E-state index contributed by atoms with van der Waals surface area (Å²) >= 11 is 0. The predicted octanol–water partition coefficient (Wildman–Crippen LogP) is 2.16. The van der Waals surface area contributed by atoms with Crippen molar-refractivity contribution in [2.24, 2.45) is 0 Å². The first kappa shape index (κ1) is 18.1. The van der Waals surface area contributed by atoms with E-state index >= 15 is 0 Å². The fourth-order valence-electron chi connectivity index (χ4n) is 2.75. The van der Waals surface area contributed by atoms with Crippen LogP contribution in [0.15, 0.2) is 24.3 Å². The molecule has 1 aromatic carbocycles. The molecule has 1 N–H and O–H groups in total. The second-order valence-electron chi connectivity index (χ2n) is 5.80. The number of carbonyl (C=O) groups is 3. The predicted molar refractivity (Wildman–Crippen MR) is 87.5 cm³/mol. The van der Waals surface area contributed by atoms with Gasteiger partial charge in [0, 0.05) is 13.0 Å². The third-order valence-electron chi connectivity index (χ3n) is 4.04. The zero-order chi connectivity index (χ0) is 17.5. The Morgan fingerprint density at radius 2 is 1.75 bits per heavy atom. The Labute approximate surface area is 141 Å². The van der Waals surface area contributed by atoms with Crippen LogP contribution in [0.5, 0.6) is 0 Å². The largest absolute Gasteiger partial charge is 0.466 e. The Morgan fingerprint density at radius 3 is 2.33 bits per heavy atom. The maximum absolute atomic E-state index is 12.2. The van der Waals surface area contributed by atoms with Crippen molar-refractivity contribution in [2.45, 2.75) is 45.1 Å². The van der Waals surface area contributed by atoms with Crippen molar-refractivity contribution in [2.75, 3.05) is 13.2 Å². The molecule has 0 saturated heterocycles. The van der Waals surface area contributed by atoms with E-state index < -0.39 is 6.10 Å². The van der Waals surface area contributed by atoms with Gasteiger partial charge in [-0.05, 0) is 38.3 Å². The minimum atomic E-state index is -0.600. The molecule has 0 radical (unpaired) electrons. The maximum Gasteiger partial charge on any atom is 0.305 e. The number of esters is 1. The SMILES string of the molecule is CCOC(=O)CCCCC(O)CCN1C(=O)c2ccccc2C1=O. The number of imide groups is 1. The molecule has 0 spiro atoms. The van der Waals surface area contributed by atoms with Crippen LogP contribution >= 0.6 is 0 Å². The van der Waals surface area contributed by atoms with Gasteiger partial charge in [-0.25, -0.2) is 0 Å². The molecule has 6 heteroatoms. The van der Waals surface area contributed by atoms with Crippen molar-refractivity contribution in [3.05, 3.63) is 35.4 Å². The van der Waals surface area contributed by atoms with Crippen LogP contribution in [0.3, 0.4) is 0 Å². The lowest BCUT2D eigenvalue weighted by atomic mass is 10.1. The first-order chi connectivity index (χ1) is 11.5. The van der Waals surface area contributed by atoms with Crippen molar-refractivity contribution < 1.29 is 24.2 Å². The summed E-state index contributed by atoms with van der Waals surface area (Å²) < 4.78 is 4.84. The van der Waals surface area contributed by atoms with Crippen LogP contribution in [0.1, 0.15) is 59.7 Å². The van der Waals surface area contributed by atoms with Gasteiger partial charge in [0.25, 0.3) is 11.8 Å². The van der Waals surface area contributed by atoms with E-state index in [0.29, 0.717) is 49.8 Å². The van der Waals surface area contributed by atoms with Crippen LogP contribution in [0.25, 0.3) is 0 Å². The number of nitrogens with zero attached hydrogens (tertiary/aromatic N) is 1. The van der Waals surface area contributed by atoms with E-state index in [1.807, 2.05) is 0 Å². The third-order valence-corrected chi connectivity index (χ3v) is 4.04. The van der Waals surface area contributed by atoms with E-state index in [4.69, 9.17) is 4.74 Å². The highest BCUT2D eigenvalue weighted by Crippen LogP contribution is 2.23. The summed E-state index contributed by atoms with van der Waals surface area (Å²) in [6.07, 6.45) is 1.97. The first-order valence-electron chi connectivity index (χ1n) is 8.33. The molecule has 1 unspecified atom stereocenters. The van der Waals surface area contributed by atoms with E-state index in [2.05, 4.69) is 0 Å². The Kier molecular flexibility index (Phi) is 6.49. The topological polar surface area (TPSA) is 83.9 Å². The van der Waals surface area contributed by atoms with Crippen molar-refractivity contribution in [3.8, 4) is 0 Å². The van der Waals surface area contributed by atoms with E-state index in [9.17, 15) is 19.5 Å². The molecule has 6 nitrogen and oxygen atoms in total. The fraction of sp³-hybridized carbons (Fsp3) is 0.500. The molecule has 2 rings (SSSR count). The minimum Gasteiger partial charge on any atom is -0.466 e. The van der Waals surface area contributed by atoms with Gasteiger partial charge in [-0.3, -0.25) is 19.3 Å². The van der Waals surface area contributed by atoms with Crippen LogP contribution in [0.4, 0.5) is 0 Å². The van der Waals surface area contributed by atoms with Gasteiger partial charge in [0.05, 0.1) is 23.8 Å². The molecule has 24 heavy (non-hydrogen) atoms. The van der Waals surface area contributed by atoms with E-state index in [1.54, 1.807) is 31.2 Å². The van der Waals surface area contributed by atoms with Gasteiger partial charge in [0.2, 0.25) is 0 Å². The molecule has 1 atom stereocenters. The summed E-state index contributed by atoms with van der Waals surface area (Å²) in [7, 11) is 0. The Morgan fingerprint density at radius 1 is 1.12 bits per heavy atom. The summed E-state index contributed by atoms with van der Waals surface area (Å²) in [6, 6.07) is 6.74. The second kappa shape index (κ2) is 8.59. The highest BCUT2D eigenvalue weighted by Gasteiger charge is 2.34. The van der Waals surface area contributed by atoms with Crippen molar-refractivity contribution in [3.63, 3.8) is 0 Å². The number of unbranched alkanes of at least 4 members (excludes halogenated alkanes) is 1. The molecule has 1 aliphatic rings. The maximum atomic E-state index is 12.2. The summed E-state index contributed by atoms with van der Waals surface area (Å²) in [4.78, 5) is 36.8. The molecule has 0 fully saturated rings. The number of rotatable bonds is 9. The molecule has 1 heterocycles. The molecule has 0 saturated carbocycles. The number of hydrogen-bond acceptors (Lipinski definition) is 5. The Bertz CT molecular complexity index is 578. The first-order valence-corrected chi connectivity index (χ1v) is 8.33. The summed E-state index contributed by atoms with van der Waals surface area (Å²) in [5.41, 5.74) is 0.845. The van der Waals surface area contributed by atoms with E-state index in [0.717, 1.165) is 0 Å². The number of benzene rings is 1. The number of ether oxygens (including phenoxy) is 1. The van der Waals surface area contributed by atoms with Crippen LogP contribution in [-0.4, -0.2) is 47.0 Å². The molecule has 0 aliphatic carbocycles. The number of aliphatic hydroxyl groups excluding tert-OH is 1. The van der Waals surface area contributed by atoms with Gasteiger partial charge in [-0.1, -0.05) is 18.6 Å². The second-order valence-corrected chi connectivity index (χ2v) is 5.80. The third kappa shape index (κ3) is 4.41. The van der Waals surface area contributed by atoms with Crippen LogP contribution in [-0.2, 0) is 9.53 Å². The monoisotopic (exact) mass is 333 g/mol. The lowest BCUT2D eigenvalue weighted by Crippen LogP contribution is -2.32. The van der Waals surface area contributed by atoms with Gasteiger partial charge in [-0.2, -0.15) is 0 Å². The van der Waals surface area contributed by atoms with Gasteiger partial charge in [0.1, 0.15) is 0 Å². The number of aliphatic hydroxyl groups is 1. The summed E-state index contributed by atoms with van der Waals surface area (Å²) in [5.74, 6) is -0.826. The summed E-state index contributed by atoms with van der Waals surface area (Å²) in [6.45, 7) is 2.34.